The maximum absolute atomic E-state index is 9.07. The molecule has 1 aromatic heterocycles. The molecular formula is C11H15N3O2. The first-order valence-corrected chi connectivity index (χ1v) is 4.92. The topological polar surface area (TPSA) is 92.2 Å². The van der Waals surface area contributed by atoms with Crippen LogP contribution in [0.3, 0.4) is 0 Å². The van der Waals surface area contributed by atoms with Gasteiger partial charge in [-0.05, 0) is 19.9 Å². The molecule has 16 heavy (non-hydrogen) atoms. The molecule has 0 unspecified atom stereocenters. The zero-order valence-corrected chi connectivity index (χ0v) is 9.40. The number of ether oxygens (including phenoxy) is 1. The quantitative estimate of drug-likeness (QED) is 0.785. The molecule has 1 heterocycles. The summed E-state index contributed by atoms with van der Waals surface area (Å²) in [5, 5.41) is 17.8. The number of hydrogen-bond donors (Lipinski definition) is 2. The smallest absolute Gasteiger partial charge is 0.142 e. The van der Waals surface area contributed by atoms with Crippen molar-refractivity contribution in [2.75, 3.05) is 18.9 Å². The van der Waals surface area contributed by atoms with Gasteiger partial charge < -0.3 is 15.6 Å². The summed E-state index contributed by atoms with van der Waals surface area (Å²) in [4.78, 5) is 3.90. The third-order valence-corrected chi connectivity index (χ3v) is 2.19. The van der Waals surface area contributed by atoms with Crippen molar-refractivity contribution in [2.45, 2.75) is 19.3 Å². The molecule has 1 aromatic rings. The highest BCUT2D eigenvalue weighted by atomic mass is 16.5. The minimum atomic E-state index is -0.706. The third kappa shape index (κ3) is 2.61. The standard InChI is InChI=1S/C11H15N3O2/c1-11(2,7-12)8-5-10(13)14-6-9(8)16-4-3-15/h5-6,15H,3-4H2,1-2H3,(H2,13,14). The average Bonchev–Trinajstić information content (AvgIpc) is 2.27. The average molecular weight is 221 g/mol. The van der Waals surface area contributed by atoms with E-state index in [1.54, 1.807) is 19.9 Å². The van der Waals surface area contributed by atoms with Gasteiger partial charge in [0.15, 0.2) is 0 Å². The molecule has 0 fully saturated rings. The molecule has 0 aliphatic rings. The Morgan fingerprint density at radius 1 is 1.62 bits per heavy atom. The van der Waals surface area contributed by atoms with E-state index in [4.69, 9.17) is 20.8 Å². The number of aromatic nitrogens is 1. The van der Waals surface area contributed by atoms with Gasteiger partial charge in [-0.15, -0.1) is 0 Å². The lowest BCUT2D eigenvalue weighted by Gasteiger charge is -2.20. The van der Waals surface area contributed by atoms with Crippen molar-refractivity contribution in [3.8, 4) is 11.8 Å². The van der Waals surface area contributed by atoms with Crippen molar-refractivity contribution >= 4 is 5.82 Å². The second-order valence-corrected chi connectivity index (χ2v) is 3.91. The van der Waals surface area contributed by atoms with E-state index in [1.165, 1.54) is 6.20 Å². The van der Waals surface area contributed by atoms with Crippen molar-refractivity contribution in [1.82, 2.24) is 4.98 Å². The van der Waals surface area contributed by atoms with E-state index in [2.05, 4.69) is 11.1 Å². The van der Waals surface area contributed by atoms with Crippen LogP contribution >= 0.6 is 0 Å². The van der Waals surface area contributed by atoms with Crippen LogP contribution in [0.4, 0.5) is 5.82 Å². The Hall–Kier alpha value is -1.80. The Kier molecular flexibility index (Phi) is 3.69. The number of aliphatic hydroxyl groups is 1. The van der Waals surface area contributed by atoms with Crippen LogP contribution in [0.2, 0.25) is 0 Å². The molecule has 5 nitrogen and oxygen atoms in total. The van der Waals surface area contributed by atoms with Crippen LogP contribution in [0, 0.1) is 11.3 Å². The van der Waals surface area contributed by atoms with Crippen molar-refractivity contribution in [1.29, 1.82) is 5.26 Å². The maximum atomic E-state index is 9.07. The van der Waals surface area contributed by atoms with Crippen LogP contribution in [0.25, 0.3) is 0 Å². The molecule has 5 heteroatoms. The summed E-state index contributed by atoms with van der Waals surface area (Å²) in [6, 6.07) is 3.80. The molecule has 0 saturated heterocycles. The van der Waals surface area contributed by atoms with E-state index in [0.717, 1.165) is 0 Å². The van der Waals surface area contributed by atoms with Crippen LogP contribution in [0.1, 0.15) is 19.4 Å². The highest BCUT2D eigenvalue weighted by molar-refractivity contribution is 5.47. The Morgan fingerprint density at radius 3 is 2.88 bits per heavy atom. The highest BCUT2D eigenvalue weighted by Gasteiger charge is 2.24. The zero-order valence-electron chi connectivity index (χ0n) is 9.40. The Bertz CT molecular complexity index is 410. The van der Waals surface area contributed by atoms with Gasteiger partial charge in [-0.3, -0.25) is 0 Å². The zero-order chi connectivity index (χ0) is 12.2. The fraction of sp³-hybridized carbons (Fsp3) is 0.455. The number of pyridine rings is 1. The number of hydrogen-bond acceptors (Lipinski definition) is 5. The number of rotatable bonds is 4. The van der Waals surface area contributed by atoms with Gasteiger partial charge in [-0.25, -0.2) is 4.98 Å². The van der Waals surface area contributed by atoms with Crippen molar-refractivity contribution < 1.29 is 9.84 Å². The van der Waals surface area contributed by atoms with Gasteiger partial charge in [0, 0.05) is 5.56 Å². The first-order valence-electron chi connectivity index (χ1n) is 4.92. The van der Waals surface area contributed by atoms with Gasteiger partial charge in [0.25, 0.3) is 0 Å². The molecule has 0 aromatic carbocycles. The molecule has 0 amide bonds. The van der Waals surface area contributed by atoms with Crippen molar-refractivity contribution in [3.63, 3.8) is 0 Å². The summed E-state index contributed by atoms with van der Waals surface area (Å²) in [6.45, 7) is 3.62. The first kappa shape index (κ1) is 12.3. The summed E-state index contributed by atoms with van der Waals surface area (Å²) in [5.41, 5.74) is 5.55. The van der Waals surface area contributed by atoms with Gasteiger partial charge in [0.2, 0.25) is 0 Å². The lowest BCUT2D eigenvalue weighted by Crippen LogP contribution is -2.17. The second-order valence-electron chi connectivity index (χ2n) is 3.91. The molecule has 1 rings (SSSR count). The molecular weight excluding hydrogens is 206 g/mol. The molecule has 0 spiro atoms. The SMILES string of the molecule is CC(C)(C#N)c1cc(N)ncc1OCCO. The van der Waals surface area contributed by atoms with Crippen molar-refractivity contribution in [3.05, 3.63) is 17.8 Å². The van der Waals surface area contributed by atoms with Gasteiger partial charge in [0.1, 0.15) is 18.2 Å². The van der Waals surface area contributed by atoms with E-state index in [0.29, 0.717) is 17.1 Å². The number of nitrogen functional groups attached to an aromatic ring is 1. The molecule has 0 aliphatic heterocycles. The van der Waals surface area contributed by atoms with E-state index in [-0.39, 0.29) is 13.2 Å². The molecule has 0 radical (unpaired) electrons. The number of anilines is 1. The van der Waals surface area contributed by atoms with Crippen LogP contribution in [0.15, 0.2) is 12.3 Å². The summed E-state index contributed by atoms with van der Waals surface area (Å²) in [7, 11) is 0. The van der Waals surface area contributed by atoms with Crippen LogP contribution in [0.5, 0.6) is 5.75 Å². The van der Waals surface area contributed by atoms with Crippen LogP contribution in [-0.4, -0.2) is 23.3 Å². The monoisotopic (exact) mass is 221 g/mol. The number of aliphatic hydroxyl groups excluding tert-OH is 1. The second kappa shape index (κ2) is 4.81. The van der Waals surface area contributed by atoms with E-state index < -0.39 is 5.41 Å². The van der Waals surface area contributed by atoms with Crippen LogP contribution < -0.4 is 10.5 Å². The number of nitrogens with two attached hydrogens (primary N) is 1. The van der Waals surface area contributed by atoms with E-state index in [9.17, 15) is 0 Å². The van der Waals surface area contributed by atoms with Gasteiger partial charge in [-0.2, -0.15) is 5.26 Å². The Morgan fingerprint density at radius 2 is 2.31 bits per heavy atom. The molecule has 86 valence electrons. The summed E-state index contributed by atoms with van der Waals surface area (Å²) >= 11 is 0. The molecule has 0 atom stereocenters. The Balaban J connectivity index is 3.14. The molecule has 0 saturated carbocycles. The minimum absolute atomic E-state index is 0.0865. The van der Waals surface area contributed by atoms with E-state index in [1.807, 2.05) is 0 Å². The van der Waals surface area contributed by atoms with Gasteiger partial charge in [-0.1, -0.05) is 0 Å². The lowest BCUT2D eigenvalue weighted by atomic mass is 9.86. The van der Waals surface area contributed by atoms with E-state index >= 15 is 0 Å². The largest absolute Gasteiger partial charge is 0.489 e. The third-order valence-electron chi connectivity index (χ3n) is 2.19. The fourth-order valence-corrected chi connectivity index (χ4v) is 1.28. The normalized spacial score (nSPS) is 10.9. The lowest BCUT2D eigenvalue weighted by molar-refractivity contribution is 0.199. The van der Waals surface area contributed by atoms with Crippen molar-refractivity contribution in [2.24, 2.45) is 0 Å². The predicted octanol–water partition coefficient (Wildman–Crippen LogP) is 0.836. The Labute approximate surface area is 94.5 Å². The summed E-state index contributed by atoms with van der Waals surface area (Å²) in [5.74, 6) is 0.824. The summed E-state index contributed by atoms with van der Waals surface area (Å²) < 4.78 is 5.31. The molecule has 0 aliphatic carbocycles. The van der Waals surface area contributed by atoms with Gasteiger partial charge in [0.05, 0.1) is 24.3 Å². The van der Waals surface area contributed by atoms with Crippen LogP contribution in [-0.2, 0) is 5.41 Å². The number of nitrogens with zero attached hydrogens (tertiary/aromatic N) is 2. The molecule has 0 bridgehead atoms. The van der Waals surface area contributed by atoms with Gasteiger partial charge >= 0.3 is 0 Å². The number of nitriles is 1. The summed E-state index contributed by atoms with van der Waals surface area (Å²) in [6.07, 6.45) is 1.47. The fourth-order valence-electron chi connectivity index (χ4n) is 1.28. The predicted molar refractivity (Wildman–Crippen MR) is 59.9 cm³/mol. The minimum Gasteiger partial charge on any atom is -0.489 e. The molecule has 3 N–H and O–H groups in total. The highest BCUT2D eigenvalue weighted by Crippen LogP contribution is 2.31. The maximum Gasteiger partial charge on any atom is 0.142 e. The first-order chi connectivity index (χ1) is 7.51.